The number of aromatic nitrogens is 1. The van der Waals surface area contributed by atoms with Gasteiger partial charge in [0.2, 0.25) is 0 Å². The Morgan fingerprint density at radius 3 is 1.26 bits per heavy atom. The van der Waals surface area contributed by atoms with Gasteiger partial charge in [0.25, 0.3) is 0 Å². The SMILES string of the molecule is CC1(C)c2cc(-c3ccc4ccc5c(-c6ccccc6)ccc6ccc3c4c65)c(-c3cccc(-c4ccc(-n5c6cc(-c7ccc8ccc9c(-c%10ccccc%10)ccc%10ccc7c8c%109)ccc6c6cc7c(cc65)-c5ccccc5C7(C)C)cc4)c3)cc2-c2cc3ccccc3cc21. The second kappa shape index (κ2) is 19.8. The molecular weight excluding hydrogens is 1170 g/mol. The molecule has 1 nitrogen and oxygen atoms in total. The van der Waals surface area contributed by atoms with E-state index in [2.05, 4.69) is 342 Å². The lowest BCUT2D eigenvalue weighted by atomic mass is 9.79. The summed E-state index contributed by atoms with van der Waals surface area (Å²) in [4.78, 5) is 0. The molecule has 1 aromatic heterocycles. The third-order valence-corrected chi connectivity index (χ3v) is 22.9. The zero-order valence-electron chi connectivity index (χ0n) is 54.4. The molecule has 0 fully saturated rings. The highest BCUT2D eigenvalue weighted by molar-refractivity contribution is 6.29. The van der Waals surface area contributed by atoms with Crippen LogP contribution in [-0.2, 0) is 10.8 Å². The summed E-state index contributed by atoms with van der Waals surface area (Å²) >= 11 is 0. The molecule has 0 atom stereocenters. The first kappa shape index (κ1) is 54.5. The van der Waals surface area contributed by atoms with Crippen molar-refractivity contribution in [2.45, 2.75) is 38.5 Å². The maximum absolute atomic E-state index is 2.57. The largest absolute Gasteiger partial charge is 0.309 e. The van der Waals surface area contributed by atoms with E-state index in [9.17, 15) is 0 Å². The normalized spacial score (nSPS) is 13.7. The molecule has 0 unspecified atom stereocenters. The van der Waals surface area contributed by atoms with Crippen molar-refractivity contribution in [2.75, 3.05) is 0 Å². The molecule has 452 valence electrons. The Bertz CT molecular complexity index is 6570. The van der Waals surface area contributed by atoms with Crippen LogP contribution in [0.2, 0.25) is 0 Å². The quantitative estimate of drug-likeness (QED) is 0.140. The van der Waals surface area contributed by atoms with Gasteiger partial charge in [0.05, 0.1) is 11.0 Å². The molecule has 0 N–H and O–H groups in total. The van der Waals surface area contributed by atoms with E-state index in [0.29, 0.717) is 0 Å². The van der Waals surface area contributed by atoms with Crippen molar-refractivity contribution in [2.24, 2.45) is 0 Å². The minimum atomic E-state index is -0.226. The summed E-state index contributed by atoms with van der Waals surface area (Å²) in [5.74, 6) is 0. The van der Waals surface area contributed by atoms with Gasteiger partial charge < -0.3 is 4.57 Å². The second-order valence-corrected chi connectivity index (χ2v) is 28.6. The molecule has 21 rings (SSSR count). The van der Waals surface area contributed by atoms with Crippen molar-refractivity contribution in [3.8, 4) is 94.7 Å². The zero-order valence-corrected chi connectivity index (χ0v) is 54.4. The van der Waals surface area contributed by atoms with E-state index in [4.69, 9.17) is 0 Å². The highest BCUT2D eigenvalue weighted by Crippen LogP contribution is 2.56. The topological polar surface area (TPSA) is 4.93 Å². The van der Waals surface area contributed by atoms with Crippen LogP contribution < -0.4 is 0 Å². The number of hydrogen-bond acceptors (Lipinski definition) is 0. The van der Waals surface area contributed by atoms with Gasteiger partial charge in [0.1, 0.15) is 0 Å². The molecule has 0 radical (unpaired) electrons. The van der Waals surface area contributed by atoms with Gasteiger partial charge in [-0.25, -0.2) is 0 Å². The van der Waals surface area contributed by atoms with Crippen molar-refractivity contribution >= 4 is 97.2 Å². The maximum Gasteiger partial charge on any atom is 0.0547 e. The molecule has 1 heterocycles. The van der Waals surface area contributed by atoms with E-state index < -0.39 is 0 Å². The van der Waals surface area contributed by atoms with Gasteiger partial charge in [0.15, 0.2) is 0 Å². The molecule has 1 heteroatoms. The number of rotatable bonds is 7. The Hall–Kier alpha value is -11.9. The standard InChI is InChI=1S/C96H63N/c1-95(2)85-25-14-13-24-73(85)83-55-90-84(54-88(83)95)74-43-36-67(71-41-30-61-32-44-75-69(57-16-7-5-8-17-57)39-28-59-34-46-77(71)93(61)91(59)75)51-89(74)97(90)68-37-26-56(27-38-68)63-22-15-23-66(48-63)79-52-82-81-49-64-20-11-12-21-65(64)50-86(81)96(3,4)87(82)53-80(79)72-42-31-62-33-45-76-70(58-18-9-6-10-19-58)40-29-60-35-47-78(72)94(62)92(60)76/h5-55H,1-4H3. The monoisotopic (exact) mass is 1230 g/mol. The van der Waals surface area contributed by atoms with Crippen LogP contribution in [0.15, 0.2) is 309 Å². The van der Waals surface area contributed by atoms with Crippen LogP contribution in [0.4, 0.5) is 0 Å². The highest BCUT2D eigenvalue weighted by Gasteiger charge is 2.39. The fourth-order valence-corrected chi connectivity index (χ4v) is 18.1. The van der Waals surface area contributed by atoms with Crippen LogP contribution in [0.3, 0.4) is 0 Å². The maximum atomic E-state index is 2.57. The minimum absolute atomic E-state index is 0.140. The van der Waals surface area contributed by atoms with Crippen molar-refractivity contribution in [1.29, 1.82) is 0 Å². The van der Waals surface area contributed by atoms with Gasteiger partial charge >= 0.3 is 0 Å². The number of benzene rings is 18. The Labute approximate surface area is 563 Å². The van der Waals surface area contributed by atoms with Crippen molar-refractivity contribution in [1.82, 2.24) is 4.57 Å². The summed E-state index contributed by atoms with van der Waals surface area (Å²) in [6.45, 7) is 9.64. The molecule has 2 aliphatic rings. The first-order valence-electron chi connectivity index (χ1n) is 34.3. The van der Waals surface area contributed by atoms with E-state index in [1.807, 2.05) is 0 Å². The third-order valence-electron chi connectivity index (χ3n) is 22.9. The average Bonchev–Trinajstić information content (AvgIpc) is 1.51. The Morgan fingerprint density at radius 1 is 0.196 bits per heavy atom. The smallest absolute Gasteiger partial charge is 0.0547 e. The Balaban J connectivity index is 0.735. The lowest BCUT2D eigenvalue weighted by Gasteiger charge is -2.24. The third kappa shape index (κ3) is 7.71. The first-order chi connectivity index (χ1) is 47.6. The van der Waals surface area contributed by atoms with Gasteiger partial charge in [0, 0.05) is 27.3 Å². The average molecular weight is 1230 g/mol. The Morgan fingerprint density at radius 2 is 0.629 bits per heavy atom. The van der Waals surface area contributed by atoms with Gasteiger partial charge in [-0.3, -0.25) is 0 Å². The molecule has 0 bridgehead atoms. The summed E-state index contributed by atoms with van der Waals surface area (Å²) < 4.78 is 2.54. The van der Waals surface area contributed by atoms with Gasteiger partial charge in [-0.15, -0.1) is 0 Å². The molecule has 0 spiro atoms. The summed E-state index contributed by atoms with van der Waals surface area (Å²) in [6.07, 6.45) is 0. The molecule has 18 aromatic carbocycles. The molecule has 0 saturated carbocycles. The van der Waals surface area contributed by atoms with Crippen LogP contribution >= 0.6 is 0 Å². The van der Waals surface area contributed by atoms with E-state index in [0.717, 1.165) is 5.69 Å². The summed E-state index contributed by atoms with van der Waals surface area (Å²) in [7, 11) is 0. The van der Waals surface area contributed by atoms with E-state index >= 15 is 0 Å². The van der Waals surface area contributed by atoms with Gasteiger partial charge in [-0.05, 0) is 247 Å². The molecule has 0 amide bonds. The zero-order chi connectivity index (χ0) is 64.2. The van der Waals surface area contributed by atoms with Crippen molar-refractivity contribution in [3.63, 3.8) is 0 Å². The second-order valence-electron chi connectivity index (χ2n) is 28.6. The lowest BCUT2D eigenvalue weighted by molar-refractivity contribution is 0.661. The molecule has 19 aromatic rings. The fraction of sp³-hybridized carbons (Fsp3) is 0.0625. The highest BCUT2D eigenvalue weighted by atomic mass is 15.0. The van der Waals surface area contributed by atoms with Crippen LogP contribution in [0.5, 0.6) is 0 Å². The van der Waals surface area contributed by atoms with Crippen LogP contribution in [0, 0.1) is 0 Å². The van der Waals surface area contributed by atoms with Crippen LogP contribution in [0.1, 0.15) is 49.9 Å². The number of hydrogen-bond donors (Lipinski definition) is 0. The Kier molecular flexibility index (Phi) is 11.1. The van der Waals surface area contributed by atoms with E-state index in [1.54, 1.807) is 0 Å². The number of nitrogens with zero attached hydrogens (tertiary/aromatic N) is 1. The summed E-state index contributed by atoms with van der Waals surface area (Å²) in [6, 6.07) is 118. The molecule has 0 saturated heterocycles. The van der Waals surface area contributed by atoms with Crippen LogP contribution in [0.25, 0.3) is 192 Å². The first-order valence-corrected chi connectivity index (χ1v) is 34.3. The molecule has 0 aliphatic heterocycles. The predicted octanol–water partition coefficient (Wildman–Crippen LogP) is 26.3. The van der Waals surface area contributed by atoms with Crippen LogP contribution in [-0.4, -0.2) is 4.57 Å². The lowest BCUT2D eigenvalue weighted by Crippen LogP contribution is -2.15. The summed E-state index contributed by atoms with van der Waals surface area (Å²) in [5, 5.41) is 20.5. The molecule has 2 aliphatic carbocycles. The van der Waals surface area contributed by atoms with Gasteiger partial charge in [-0.2, -0.15) is 0 Å². The van der Waals surface area contributed by atoms with E-state index in [1.165, 1.54) is 208 Å². The fourth-order valence-electron chi connectivity index (χ4n) is 18.1. The minimum Gasteiger partial charge on any atom is -0.309 e. The summed E-state index contributed by atoms with van der Waals surface area (Å²) in [5.41, 5.74) is 28.7. The van der Waals surface area contributed by atoms with Crippen molar-refractivity contribution in [3.05, 3.63) is 332 Å². The predicted molar refractivity (Wildman–Crippen MR) is 413 cm³/mol. The van der Waals surface area contributed by atoms with Gasteiger partial charge in [-0.1, -0.05) is 276 Å². The molecular formula is C96H63N. The molecule has 97 heavy (non-hydrogen) atoms. The van der Waals surface area contributed by atoms with Crippen molar-refractivity contribution < 1.29 is 0 Å². The van der Waals surface area contributed by atoms with E-state index in [-0.39, 0.29) is 10.8 Å². The number of fused-ring (bicyclic) bond motifs is 10.